The number of nitrogens with zero attached hydrogens (tertiary/aromatic N) is 1. The Morgan fingerprint density at radius 3 is 2.60 bits per heavy atom. The molecule has 1 fully saturated rings. The van der Waals surface area contributed by atoms with Gasteiger partial charge >= 0.3 is 5.97 Å². The first-order valence-corrected chi connectivity index (χ1v) is 8.79. The summed E-state index contributed by atoms with van der Waals surface area (Å²) in [4.78, 5) is 26.2. The van der Waals surface area contributed by atoms with Crippen molar-refractivity contribution in [3.63, 3.8) is 0 Å². The Balaban J connectivity index is 1.71. The second kappa shape index (κ2) is 7.46. The first-order chi connectivity index (χ1) is 12.0. The fourth-order valence-electron chi connectivity index (χ4n) is 2.78. The van der Waals surface area contributed by atoms with Gasteiger partial charge in [-0.05, 0) is 42.3 Å². The third-order valence-electron chi connectivity index (χ3n) is 4.21. The fourth-order valence-corrected chi connectivity index (χ4v) is 3.17. The van der Waals surface area contributed by atoms with Gasteiger partial charge in [0.1, 0.15) is 5.75 Å². The number of carbonyl (C=O) groups excluding carboxylic acids is 2. The molecule has 6 heteroatoms. The average Bonchev–Trinajstić information content (AvgIpc) is 2.99. The van der Waals surface area contributed by atoms with Gasteiger partial charge in [-0.15, -0.1) is 0 Å². The van der Waals surface area contributed by atoms with Gasteiger partial charge in [-0.2, -0.15) is 0 Å². The number of carbonyl (C=O) groups is 2. The van der Waals surface area contributed by atoms with E-state index in [4.69, 9.17) is 27.9 Å². The molecule has 1 aliphatic heterocycles. The molecule has 1 heterocycles. The Kier molecular flexibility index (Phi) is 5.30. The Labute approximate surface area is 156 Å². The van der Waals surface area contributed by atoms with E-state index in [0.29, 0.717) is 21.5 Å². The maximum absolute atomic E-state index is 12.4. The van der Waals surface area contributed by atoms with Crippen molar-refractivity contribution in [2.24, 2.45) is 5.92 Å². The molecule has 0 bridgehead atoms. The maximum Gasteiger partial charge on any atom is 0.316 e. The van der Waals surface area contributed by atoms with Crippen LogP contribution in [-0.4, -0.2) is 18.4 Å². The summed E-state index contributed by atoms with van der Waals surface area (Å²) in [6.07, 6.45) is 1.01. The van der Waals surface area contributed by atoms with Crippen LogP contribution in [-0.2, 0) is 16.0 Å². The van der Waals surface area contributed by atoms with Gasteiger partial charge in [0.05, 0.1) is 16.6 Å². The van der Waals surface area contributed by atoms with Gasteiger partial charge in [-0.1, -0.05) is 42.3 Å². The van der Waals surface area contributed by atoms with E-state index in [9.17, 15) is 9.59 Å². The largest absolute Gasteiger partial charge is 0.426 e. The summed E-state index contributed by atoms with van der Waals surface area (Å²) in [5.74, 6) is -0.645. The number of hydrogen-bond donors (Lipinski definition) is 0. The number of amides is 1. The monoisotopic (exact) mass is 377 g/mol. The van der Waals surface area contributed by atoms with Crippen molar-refractivity contribution in [3.8, 4) is 5.75 Å². The maximum atomic E-state index is 12.4. The number of esters is 1. The van der Waals surface area contributed by atoms with Gasteiger partial charge < -0.3 is 9.64 Å². The summed E-state index contributed by atoms with van der Waals surface area (Å²) in [7, 11) is 0. The van der Waals surface area contributed by atoms with Gasteiger partial charge in [-0.3, -0.25) is 9.59 Å². The molecule has 1 amide bonds. The minimum Gasteiger partial charge on any atom is -0.426 e. The predicted molar refractivity (Wildman–Crippen MR) is 98.4 cm³/mol. The van der Waals surface area contributed by atoms with Crippen LogP contribution in [0, 0.1) is 5.92 Å². The molecule has 2 aromatic rings. The van der Waals surface area contributed by atoms with Crippen molar-refractivity contribution in [2.45, 2.75) is 19.8 Å². The molecule has 2 aromatic carbocycles. The highest BCUT2D eigenvalue weighted by Gasteiger charge is 2.37. The summed E-state index contributed by atoms with van der Waals surface area (Å²) in [6.45, 7) is 2.28. The average molecular weight is 378 g/mol. The zero-order valence-corrected chi connectivity index (χ0v) is 15.2. The number of benzene rings is 2. The van der Waals surface area contributed by atoms with E-state index in [2.05, 4.69) is 6.92 Å². The topological polar surface area (TPSA) is 46.6 Å². The quantitative estimate of drug-likeness (QED) is 0.581. The lowest BCUT2D eigenvalue weighted by Crippen LogP contribution is -2.27. The molecule has 130 valence electrons. The summed E-state index contributed by atoms with van der Waals surface area (Å²) in [5, 5.41) is 0.899. The summed E-state index contributed by atoms with van der Waals surface area (Å²) in [6, 6.07) is 12.3. The molecule has 0 spiro atoms. The normalized spacial score (nSPS) is 17.0. The lowest BCUT2D eigenvalue weighted by Gasteiger charge is -2.18. The number of anilines is 1. The van der Waals surface area contributed by atoms with Gasteiger partial charge in [0.25, 0.3) is 0 Å². The van der Waals surface area contributed by atoms with Crippen LogP contribution in [0.5, 0.6) is 5.75 Å². The Morgan fingerprint density at radius 2 is 1.92 bits per heavy atom. The van der Waals surface area contributed by atoms with Crippen molar-refractivity contribution in [1.82, 2.24) is 0 Å². The van der Waals surface area contributed by atoms with Gasteiger partial charge in [0.2, 0.25) is 5.91 Å². The number of aryl methyl sites for hydroxylation is 1. The van der Waals surface area contributed by atoms with Gasteiger partial charge in [0.15, 0.2) is 0 Å². The molecule has 25 heavy (non-hydrogen) atoms. The van der Waals surface area contributed by atoms with Crippen LogP contribution in [0.15, 0.2) is 42.5 Å². The molecule has 4 nitrogen and oxygen atoms in total. The first kappa shape index (κ1) is 17.8. The minimum absolute atomic E-state index is 0.0920. The number of rotatable bonds is 4. The molecule has 1 saturated heterocycles. The highest BCUT2D eigenvalue weighted by Crippen LogP contribution is 2.33. The lowest BCUT2D eigenvalue weighted by molar-refractivity contribution is -0.139. The van der Waals surface area contributed by atoms with Gasteiger partial charge in [-0.25, -0.2) is 0 Å². The molecule has 1 atom stereocenters. The molecule has 0 aromatic heterocycles. The number of ether oxygens (including phenoxy) is 1. The molecular formula is C19H17Cl2NO3. The van der Waals surface area contributed by atoms with Crippen molar-refractivity contribution < 1.29 is 14.3 Å². The standard InChI is InChI=1S/C19H17Cl2NO3/c1-2-12-3-6-15(7-4-12)25-19(24)13-9-18(23)22(11-13)17-10-14(20)5-8-16(17)21/h3-8,10,13H,2,9,11H2,1H3/t13-/m0/s1. The van der Waals surface area contributed by atoms with Crippen LogP contribution in [0.25, 0.3) is 0 Å². The SMILES string of the molecule is CCc1ccc(OC(=O)[C@H]2CC(=O)N(c3cc(Cl)ccc3Cl)C2)cc1. The molecule has 3 rings (SSSR count). The zero-order chi connectivity index (χ0) is 18.0. The first-order valence-electron chi connectivity index (χ1n) is 8.04. The second-order valence-electron chi connectivity index (χ2n) is 5.92. The van der Waals surface area contributed by atoms with Crippen molar-refractivity contribution in [2.75, 3.05) is 11.4 Å². The molecule has 0 saturated carbocycles. The molecular weight excluding hydrogens is 361 g/mol. The predicted octanol–water partition coefficient (Wildman–Crippen LogP) is 4.51. The van der Waals surface area contributed by atoms with Crippen molar-refractivity contribution in [3.05, 3.63) is 58.1 Å². The van der Waals surface area contributed by atoms with Crippen LogP contribution < -0.4 is 9.64 Å². The smallest absolute Gasteiger partial charge is 0.316 e. The highest BCUT2D eigenvalue weighted by atomic mass is 35.5. The van der Waals surface area contributed by atoms with E-state index in [-0.39, 0.29) is 18.9 Å². The van der Waals surface area contributed by atoms with Crippen LogP contribution in [0.3, 0.4) is 0 Å². The van der Waals surface area contributed by atoms with Crippen LogP contribution >= 0.6 is 23.2 Å². The number of halogens is 2. The van der Waals surface area contributed by atoms with E-state index < -0.39 is 11.9 Å². The van der Waals surface area contributed by atoms with Crippen molar-refractivity contribution >= 4 is 40.8 Å². The zero-order valence-electron chi connectivity index (χ0n) is 13.7. The van der Waals surface area contributed by atoms with Gasteiger partial charge in [0, 0.05) is 18.0 Å². The third kappa shape index (κ3) is 3.97. The minimum atomic E-state index is -0.534. The molecule has 0 radical (unpaired) electrons. The summed E-state index contributed by atoms with van der Waals surface area (Å²) >= 11 is 12.1. The van der Waals surface area contributed by atoms with Crippen LogP contribution in [0.1, 0.15) is 18.9 Å². The van der Waals surface area contributed by atoms with E-state index in [1.54, 1.807) is 30.3 Å². The third-order valence-corrected chi connectivity index (χ3v) is 4.76. The Bertz CT molecular complexity index is 805. The van der Waals surface area contributed by atoms with Crippen LogP contribution in [0.2, 0.25) is 10.0 Å². The molecule has 0 N–H and O–H groups in total. The van der Waals surface area contributed by atoms with E-state index in [1.807, 2.05) is 12.1 Å². The molecule has 0 aliphatic carbocycles. The van der Waals surface area contributed by atoms with Crippen molar-refractivity contribution in [1.29, 1.82) is 0 Å². The Morgan fingerprint density at radius 1 is 1.20 bits per heavy atom. The summed E-state index contributed by atoms with van der Waals surface area (Å²) < 4.78 is 5.41. The molecule has 0 unspecified atom stereocenters. The highest BCUT2D eigenvalue weighted by molar-refractivity contribution is 6.35. The van der Waals surface area contributed by atoms with E-state index in [1.165, 1.54) is 4.90 Å². The number of hydrogen-bond acceptors (Lipinski definition) is 3. The fraction of sp³-hybridized carbons (Fsp3) is 0.263. The Hall–Kier alpha value is -2.04. The second-order valence-corrected chi connectivity index (χ2v) is 6.76. The molecule has 1 aliphatic rings. The van der Waals surface area contributed by atoms with E-state index in [0.717, 1.165) is 12.0 Å². The summed E-state index contributed by atoms with van der Waals surface area (Å²) in [5.41, 5.74) is 1.68. The lowest BCUT2D eigenvalue weighted by atomic mass is 10.1. The van der Waals surface area contributed by atoms with E-state index >= 15 is 0 Å². The van der Waals surface area contributed by atoms with Crippen LogP contribution in [0.4, 0.5) is 5.69 Å².